The van der Waals surface area contributed by atoms with E-state index in [-0.39, 0.29) is 24.4 Å². The molecule has 1 rings (SSSR count). The van der Waals surface area contributed by atoms with Crippen LogP contribution < -0.4 is 15.4 Å². The van der Waals surface area contributed by atoms with Crippen LogP contribution in [-0.2, 0) is 11.3 Å². The number of ether oxygens (including phenoxy) is 1. The normalized spacial score (nSPS) is 11.4. The van der Waals surface area contributed by atoms with E-state index in [1.54, 1.807) is 7.05 Å². The number of aryl methyl sites for hydroxylation is 1. The minimum Gasteiger partial charge on any atom is -0.490 e. The first-order chi connectivity index (χ1) is 9.06. The number of amides is 1. The highest BCUT2D eigenvalue weighted by Gasteiger charge is 2.09. The molecular formula is C15H25ClN2O2. The summed E-state index contributed by atoms with van der Waals surface area (Å²) in [5.74, 6) is 0.844. The van der Waals surface area contributed by atoms with Crippen molar-refractivity contribution in [1.82, 2.24) is 10.6 Å². The Hall–Kier alpha value is -1.26. The molecule has 5 heteroatoms. The van der Waals surface area contributed by atoms with Crippen molar-refractivity contribution in [3.8, 4) is 5.75 Å². The molecule has 0 saturated heterocycles. The molecule has 0 spiro atoms. The summed E-state index contributed by atoms with van der Waals surface area (Å²) in [6.07, 6.45) is 1.13. The monoisotopic (exact) mass is 300 g/mol. The van der Waals surface area contributed by atoms with E-state index < -0.39 is 0 Å². The van der Waals surface area contributed by atoms with E-state index in [2.05, 4.69) is 17.6 Å². The van der Waals surface area contributed by atoms with Crippen molar-refractivity contribution >= 4 is 18.3 Å². The molecule has 0 aromatic heterocycles. The van der Waals surface area contributed by atoms with Gasteiger partial charge in [0.1, 0.15) is 5.75 Å². The van der Waals surface area contributed by atoms with Crippen LogP contribution in [0.2, 0.25) is 0 Å². The third kappa shape index (κ3) is 6.26. The lowest BCUT2D eigenvalue weighted by molar-refractivity contribution is -0.120. The maximum atomic E-state index is 11.5. The van der Waals surface area contributed by atoms with Gasteiger partial charge in [-0.2, -0.15) is 0 Å². The van der Waals surface area contributed by atoms with Crippen molar-refractivity contribution in [3.63, 3.8) is 0 Å². The average molecular weight is 301 g/mol. The molecule has 0 aliphatic carbocycles. The summed E-state index contributed by atoms with van der Waals surface area (Å²) in [5, 5.41) is 5.70. The average Bonchev–Trinajstić information content (AvgIpc) is 2.38. The van der Waals surface area contributed by atoms with Gasteiger partial charge in [-0.1, -0.05) is 19.1 Å². The molecular weight excluding hydrogens is 276 g/mol. The highest BCUT2D eigenvalue weighted by Crippen LogP contribution is 2.22. The Bertz CT molecular complexity index is 424. The summed E-state index contributed by atoms with van der Waals surface area (Å²) in [5.41, 5.74) is 2.17. The molecule has 0 aliphatic rings. The number of carbonyl (C=O) groups excluding carboxylic acids is 1. The van der Waals surface area contributed by atoms with Gasteiger partial charge in [-0.15, -0.1) is 12.4 Å². The fraction of sp³-hybridized carbons (Fsp3) is 0.533. The van der Waals surface area contributed by atoms with Crippen LogP contribution in [-0.4, -0.2) is 25.6 Å². The van der Waals surface area contributed by atoms with Crippen molar-refractivity contribution in [2.75, 3.05) is 13.6 Å². The summed E-state index contributed by atoms with van der Waals surface area (Å²) in [6, 6.07) is 6.06. The first-order valence-electron chi connectivity index (χ1n) is 6.74. The third-order valence-electron chi connectivity index (χ3n) is 2.94. The number of carbonyl (C=O) groups is 1. The highest BCUT2D eigenvalue weighted by molar-refractivity contribution is 5.85. The van der Waals surface area contributed by atoms with E-state index in [9.17, 15) is 4.79 Å². The number of hydrogen-bond donors (Lipinski definition) is 2. The van der Waals surface area contributed by atoms with Crippen molar-refractivity contribution in [2.24, 2.45) is 0 Å². The molecule has 0 heterocycles. The molecule has 0 radical (unpaired) electrons. The standard InChI is InChI=1S/C15H24N2O2.ClH/c1-5-12(3)19-14-8-11(2)6-7-13(14)9-17-15(18)10-16-4;/h6-8,12,16H,5,9-10H2,1-4H3,(H,17,18);1H. The van der Waals surface area contributed by atoms with Crippen LogP contribution in [0.1, 0.15) is 31.4 Å². The van der Waals surface area contributed by atoms with Gasteiger partial charge in [0.05, 0.1) is 12.6 Å². The van der Waals surface area contributed by atoms with Crippen LogP contribution >= 0.6 is 12.4 Å². The molecule has 114 valence electrons. The molecule has 2 N–H and O–H groups in total. The first kappa shape index (κ1) is 18.7. The van der Waals surface area contributed by atoms with Gasteiger partial charge in [0.25, 0.3) is 0 Å². The lowest BCUT2D eigenvalue weighted by Gasteiger charge is -2.17. The second-order valence-electron chi connectivity index (χ2n) is 4.75. The smallest absolute Gasteiger partial charge is 0.234 e. The Labute approximate surface area is 127 Å². The Balaban J connectivity index is 0.00000361. The minimum absolute atomic E-state index is 0. The molecule has 0 fully saturated rings. The van der Waals surface area contributed by atoms with E-state index in [1.165, 1.54) is 0 Å². The molecule has 0 aliphatic heterocycles. The van der Waals surface area contributed by atoms with Gasteiger partial charge in [0.2, 0.25) is 5.91 Å². The predicted octanol–water partition coefficient (Wildman–Crippen LogP) is 2.43. The lowest BCUT2D eigenvalue weighted by Crippen LogP contribution is -2.31. The molecule has 1 unspecified atom stereocenters. The molecule has 1 atom stereocenters. The number of rotatable bonds is 7. The number of nitrogens with one attached hydrogen (secondary N) is 2. The maximum absolute atomic E-state index is 11.5. The van der Waals surface area contributed by atoms with Gasteiger partial charge in [0.15, 0.2) is 0 Å². The topological polar surface area (TPSA) is 50.4 Å². The Morgan fingerprint density at radius 2 is 2.10 bits per heavy atom. The number of hydrogen-bond acceptors (Lipinski definition) is 3. The molecule has 4 nitrogen and oxygen atoms in total. The van der Waals surface area contributed by atoms with Crippen LogP contribution in [0.25, 0.3) is 0 Å². The van der Waals surface area contributed by atoms with Crippen molar-refractivity contribution in [1.29, 1.82) is 0 Å². The van der Waals surface area contributed by atoms with Gasteiger partial charge in [-0.25, -0.2) is 0 Å². The van der Waals surface area contributed by atoms with Crippen molar-refractivity contribution < 1.29 is 9.53 Å². The maximum Gasteiger partial charge on any atom is 0.234 e. The summed E-state index contributed by atoms with van der Waals surface area (Å²) in [6.45, 7) is 6.99. The molecule has 1 aromatic rings. The summed E-state index contributed by atoms with van der Waals surface area (Å²) < 4.78 is 5.90. The van der Waals surface area contributed by atoms with Gasteiger partial charge in [-0.05, 0) is 38.9 Å². The zero-order valence-corrected chi connectivity index (χ0v) is 13.5. The van der Waals surface area contributed by atoms with Crippen LogP contribution in [0.15, 0.2) is 18.2 Å². The molecule has 0 bridgehead atoms. The summed E-state index contributed by atoms with van der Waals surface area (Å²) >= 11 is 0. The fourth-order valence-corrected chi connectivity index (χ4v) is 1.63. The Morgan fingerprint density at radius 1 is 1.40 bits per heavy atom. The van der Waals surface area contributed by atoms with E-state index >= 15 is 0 Å². The number of likely N-dealkylation sites (N-methyl/N-ethyl adjacent to an activating group) is 1. The first-order valence-corrected chi connectivity index (χ1v) is 6.74. The second kappa shape index (κ2) is 9.61. The largest absolute Gasteiger partial charge is 0.490 e. The fourth-order valence-electron chi connectivity index (χ4n) is 1.63. The van der Waals surface area contributed by atoms with Gasteiger partial charge in [0, 0.05) is 12.1 Å². The van der Waals surface area contributed by atoms with Crippen LogP contribution in [0.4, 0.5) is 0 Å². The molecule has 0 saturated carbocycles. The quantitative estimate of drug-likeness (QED) is 0.813. The number of halogens is 1. The van der Waals surface area contributed by atoms with E-state index in [1.807, 2.05) is 32.0 Å². The van der Waals surface area contributed by atoms with Crippen molar-refractivity contribution in [3.05, 3.63) is 29.3 Å². The number of benzene rings is 1. The highest BCUT2D eigenvalue weighted by atomic mass is 35.5. The summed E-state index contributed by atoms with van der Waals surface area (Å²) in [4.78, 5) is 11.5. The zero-order chi connectivity index (χ0) is 14.3. The Kier molecular flexibility index (Phi) is 9.01. The van der Waals surface area contributed by atoms with E-state index in [4.69, 9.17) is 4.74 Å². The van der Waals surface area contributed by atoms with Gasteiger partial charge < -0.3 is 15.4 Å². The summed E-state index contributed by atoms with van der Waals surface area (Å²) in [7, 11) is 1.75. The van der Waals surface area contributed by atoms with Gasteiger partial charge >= 0.3 is 0 Å². The molecule has 1 aromatic carbocycles. The van der Waals surface area contributed by atoms with E-state index in [0.29, 0.717) is 13.1 Å². The van der Waals surface area contributed by atoms with Gasteiger partial charge in [-0.3, -0.25) is 4.79 Å². The van der Waals surface area contributed by atoms with Crippen LogP contribution in [0.3, 0.4) is 0 Å². The molecule has 20 heavy (non-hydrogen) atoms. The van der Waals surface area contributed by atoms with Crippen molar-refractivity contribution in [2.45, 2.75) is 39.8 Å². The SMILES string of the molecule is CCC(C)Oc1cc(C)ccc1CNC(=O)CNC.Cl. The second-order valence-corrected chi connectivity index (χ2v) is 4.75. The predicted molar refractivity (Wildman–Crippen MR) is 84.6 cm³/mol. The lowest BCUT2D eigenvalue weighted by atomic mass is 10.1. The molecule has 1 amide bonds. The van der Waals surface area contributed by atoms with Crippen LogP contribution in [0.5, 0.6) is 5.75 Å². The van der Waals surface area contributed by atoms with E-state index in [0.717, 1.165) is 23.3 Å². The third-order valence-corrected chi connectivity index (χ3v) is 2.94. The Morgan fingerprint density at radius 3 is 2.70 bits per heavy atom. The zero-order valence-electron chi connectivity index (χ0n) is 12.7. The van der Waals surface area contributed by atoms with Crippen LogP contribution in [0, 0.1) is 6.92 Å². The minimum atomic E-state index is -0.0161.